The van der Waals surface area contributed by atoms with E-state index in [1.54, 1.807) is 28.9 Å². The summed E-state index contributed by atoms with van der Waals surface area (Å²) in [5, 5.41) is 11.7. The Kier molecular flexibility index (Phi) is 5.87. The molecule has 0 radical (unpaired) electrons. The summed E-state index contributed by atoms with van der Waals surface area (Å²) in [6.07, 6.45) is 0.853. The Hall–Kier alpha value is -3.43. The van der Waals surface area contributed by atoms with E-state index in [-0.39, 0.29) is 23.5 Å². The molecular formula is C18H21N5O5. The van der Waals surface area contributed by atoms with Crippen LogP contribution in [0.2, 0.25) is 0 Å². The first-order chi connectivity index (χ1) is 13.5. The minimum Gasteiger partial charge on any atom is -0.450 e. The number of rotatable bonds is 5. The van der Waals surface area contributed by atoms with Gasteiger partial charge in [-0.25, -0.2) is 9.78 Å². The molecule has 3 rings (SSSR count). The highest BCUT2D eigenvalue weighted by molar-refractivity contribution is 5.69. The van der Waals surface area contributed by atoms with E-state index in [1.165, 1.54) is 6.33 Å². The topological polar surface area (TPSA) is 111 Å². The van der Waals surface area contributed by atoms with Crippen LogP contribution in [-0.4, -0.2) is 58.7 Å². The number of carbonyl (C=O) groups is 1. The number of aromatic nitrogens is 2. The zero-order valence-electron chi connectivity index (χ0n) is 15.7. The van der Waals surface area contributed by atoms with Crippen LogP contribution < -0.4 is 9.64 Å². The van der Waals surface area contributed by atoms with Gasteiger partial charge < -0.3 is 19.3 Å². The Morgan fingerprint density at radius 1 is 1.18 bits per heavy atom. The van der Waals surface area contributed by atoms with Gasteiger partial charge in [0.25, 0.3) is 0 Å². The van der Waals surface area contributed by atoms with E-state index in [2.05, 4.69) is 9.97 Å². The zero-order chi connectivity index (χ0) is 20.1. The zero-order valence-corrected chi connectivity index (χ0v) is 15.7. The van der Waals surface area contributed by atoms with Crippen molar-refractivity contribution in [3.8, 4) is 11.6 Å². The minimum absolute atomic E-state index is 0.119. The molecule has 1 fully saturated rings. The quantitative estimate of drug-likeness (QED) is 0.569. The Labute approximate surface area is 161 Å². The average molecular weight is 387 g/mol. The van der Waals surface area contributed by atoms with Crippen LogP contribution in [0.3, 0.4) is 0 Å². The summed E-state index contributed by atoms with van der Waals surface area (Å²) in [6.45, 7) is 5.53. The molecule has 2 heterocycles. The van der Waals surface area contributed by atoms with Gasteiger partial charge in [0, 0.05) is 26.2 Å². The third-order valence-electron chi connectivity index (χ3n) is 4.29. The Balaban J connectivity index is 1.81. The maximum absolute atomic E-state index is 11.8. The van der Waals surface area contributed by atoms with Crippen molar-refractivity contribution in [3.63, 3.8) is 0 Å². The molecule has 0 saturated carbocycles. The van der Waals surface area contributed by atoms with Gasteiger partial charge in [0.15, 0.2) is 0 Å². The van der Waals surface area contributed by atoms with Gasteiger partial charge in [-0.3, -0.25) is 10.1 Å². The molecule has 1 aromatic carbocycles. The fraction of sp³-hybridized carbons (Fsp3) is 0.389. The van der Waals surface area contributed by atoms with Crippen molar-refractivity contribution in [2.45, 2.75) is 13.8 Å². The molecule has 0 unspecified atom stereocenters. The van der Waals surface area contributed by atoms with E-state index in [4.69, 9.17) is 9.47 Å². The second kappa shape index (κ2) is 8.51. The monoisotopic (exact) mass is 387 g/mol. The van der Waals surface area contributed by atoms with Crippen molar-refractivity contribution in [2.24, 2.45) is 0 Å². The van der Waals surface area contributed by atoms with Crippen molar-refractivity contribution < 1.29 is 19.2 Å². The van der Waals surface area contributed by atoms with Gasteiger partial charge in [0.05, 0.1) is 11.5 Å². The van der Waals surface area contributed by atoms with Crippen LogP contribution in [-0.2, 0) is 4.74 Å². The molecule has 10 heteroatoms. The first kappa shape index (κ1) is 19.3. The molecule has 1 saturated heterocycles. The van der Waals surface area contributed by atoms with Crippen LogP contribution in [0.4, 0.5) is 16.3 Å². The summed E-state index contributed by atoms with van der Waals surface area (Å²) in [6, 6.07) is 7.13. The molecule has 1 aliphatic rings. The molecule has 0 N–H and O–H groups in total. The highest BCUT2D eigenvalue weighted by Crippen LogP contribution is 2.36. The molecule has 10 nitrogen and oxygen atoms in total. The third kappa shape index (κ3) is 4.27. The highest BCUT2D eigenvalue weighted by Gasteiger charge is 2.31. The molecule has 0 aliphatic carbocycles. The van der Waals surface area contributed by atoms with E-state index < -0.39 is 4.92 Å². The average Bonchev–Trinajstić information content (AvgIpc) is 2.69. The van der Waals surface area contributed by atoms with E-state index in [9.17, 15) is 14.9 Å². The summed E-state index contributed by atoms with van der Waals surface area (Å²) < 4.78 is 10.6. The smallest absolute Gasteiger partial charge is 0.409 e. The van der Waals surface area contributed by atoms with Gasteiger partial charge in [0.1, 0.15) is 12.1 Å². The fourth-order valence-electron chi connectivity index (χ4n) is 2.85. The second-order valence-electron chi connectivity index (χ2n) is 6.20. The lowest BCUT2D eigenvalue weighted by Gasteiger charge is -2.34. The minimum atomic E-state index is -0.545. The highest BCUT2D eigenvalue weighted by atomic mass is 16.6. The molecule has 1 amide bonds. The predicted molar refractivity (Wildman–Crippen MR) is 101 cm³/mol. The number of carbonyl (C=O) groups excluding carboxylic acids is 1. The molecular weight excluding hydrogens is 366 g/mol. The number of hydrogen-bond acceptors (Lipinski definition) is 8. The van der Waals surface area contributed by atoms with Gasteiger partial charge in [-0.2, -0.15) is 4.98 Å². The molecule has 2 aromatic rings. The molecule has 1 aromatic heterocycles. The number of aryl methyl sites for hydroxylation is 1. The van der Waals surface area contributed by atoms with Crippen LogP contribution in [0.15, 0.2) is 30.6 Å². The number of piperazine rings is 1. The second-order valence-corrected chi connectivity index (χ2v) is 6.20. The molecule has 28 heavy (non-hydrogen) atoms. The molecule has 148 valence electrons. The van der Waals surface area contributed by atoms with Crippen molar-refractivity contribution in [2.75, 3.05) is 37.7 Å². The van der Waals surface area contributed by atoms with Crippen LogP contribution in [0.1, 0.15) is 12.5 Å². The van der Waals surface area contributed by atoms with Crippen LogP contribution in [0.25, 0.3) is 0 Å². The number of nitrogens with zero attached hydrogens (tertiary/aromatic N) is 5. The van der Waals surface area contributed by atoms with Crippen molar-refractivity contribution in [3.05, 3.63) is 46.3 Å². The summed E-state index contributed by atoms with van der Waals surface area (Å²) in [5.41, 5.74) is 0.748. The summed E-state index contributed by atoms with van der Waals surface area (Å²) >= 11 is 0. The fourth-order valence-corrected chi connectivity index (χ4v) is 2.85. The molecule has 0 bridgehead atoms. The van der Waals surface area contributed by atoms with Crippen LogP contribution in [0.5, 0.6) is 11.6 Å². The van der Waals surface area contributed by atoms with Crippen LogP contribution in [0, 0.1) is 17.0 Å². The predicted octanol–water partition coefficient (Wildman–Crippen LogP) is 2.76. The van der Waals surface area contributed by atoms with Gasteiger partial charge in [-0.1, -0.05) is 17.7 Å². The number of anilines is 1. The summed E-state index contributed by atoms with van der Waals surface area (Å²) in [5.74, 6) is 0.503. The van der Waals surface area contributed by atoms with Gasteiger partial charge in [-0.05, 0) is 26.0 Å². The van der Waals surface area contributed by atoms with E-state index in [1.807, 2.05) is 19.1 Å². The van der Waals surface area contributed by atoms with Gasteiger partial charge >= 0.3 is 17.7 Å². The number of nitro groups is 1. The Morgan fingerprint density at radius 2 is 1.86 bits per heavy atom. The van der Waals surface area contributed by atoms with E-state index in [0.717, 1.165) is 5.56 Å². The van der Waals surface area contributed by atoms with Crippen molar-refractivity contribution in [1.29, 1.82) is 0 Å². The lowest BCUT2D eigenvalue weighted by Crippen LogP contribution is -2.49. The maximum Gasteiger partial charge on any atom is 0.409 e. The standard InChI is InChI=1S/C18H21N5O5/c1-3-27-18(24)22-10-8-21(9-11-22)16-15(23(25)26)17(20-12-19-16)28-14-6-4-13(2)5-7-14/h4-7,12H,3,8-11H2,1-2H3. The normalized spacial score (nSPS) is 13.9. The lowest BCUT2D eigenvalue weighted by atomic mass is 10.2. The maximum atomic E-state index is 11.8. The lowest BCUT2D eigenvalue weighted by molar-refractivity contribution is -0.385. The molecule has 0 atom stereocenters. The molecule has 1 aliphatic heterocycles. The Bertz CT molecular complexity index is 850. The number of hydrogen-bond donors (Lipinski definition) is 0. The first-order valence-electron chi connectivity index (χ1n) is 8.90. The number of ether oxygens (including phenoxy) is 2. The third-order valence-corrected chi connectivity index (χ3v) is 4.29. The summed E-state index contributed by atoms with van der Waals surface area (Å²) in [4.78, 5) is 34.4. The van der Waals surface area contributed by atoms with E-state index >= 15 is 0 Å². The first-order valence-corrected chi connectivity index (χ1v) is 8.90. The van der Waals surface area contributed by atoms with Crippen molar-refractivity contribution in [1.82, 2.24) is 14.9 Å². The Morgan fingerprint density at radius 3 is 2.46 bits per heavy atom. The summed E-state index contributed by atoms with van der Waals surface area (Å²) in [7, 11) is 0. The molecule has 0 spiro atoms. The number of benzene rings is 1. The van der Waals surface area contributed by atoms with Crippen molar-refractivity contribution >= 4 is 17.6 Å². The van der Waals surface area contributed by atoms with Gasteiger partial charge in [-0.15, -0.1) is 0 Å². The largest absolute Gasteiger partial charge is 0.450 e. The number of amides is 1. The van der Waals surface area contributed by atoms with Crippen LogP contribution >= 0.6 is 0 Å². The SMILES string of the molecule is CCOC(=O)N1CCN(c2ncnc(Oc3ccc(C)cc3)c2[N+](=O)[O-])CC1. The van der Waals surface area contributed by atoms with Gasteiger partial charge in [0.2, 0.25) is 5.82 Å². The van der Waals surface area contributed by atoms with E-state index in [0.29, 0.717) is 38.5 Å².